The third kappa shape index (κ3) is 4.64. The molecule has 2 amide bonds. The molecule has 2 aromatic carbocycles. The zero-order valence-electron chi connectivity index (χ0n) is 17.8. The SMILES string of the molecule is COc1ccc(NC(=O)c2c(NC(=O)c3ccccc3C)sc3c2CCCCC3)cc1. The molecule has 4 rings (SSSR count). The molecular weight excluding hydrogens is 408 g/mol. The number of methoxy groups -OCH3 is 1. The van der Waals surface area contributed by atoms with Crippen molar-refractivity contribution in [2.45, 2.75) is 39.0 Å². The fourth-order valence-electron chi connectivity index (χ4n) is 3.94. The zero-order valence-corrected chi connectivity index (χ0v) is 18.6. The van der Waals surface area contributed by atoms with Gasteiger partial charge in [-0.25, -0.2) is 0 Å². The van der Waals surface area contributed by atoms with Crippen molar-refractivity contribution in [2.24, 2.45) is 0 Å². The summed E-state index contributed by atoms with van der Waals surface area (Å²) in [4.78, 5) is 27.5. The van der Waals surface area contributed by atoms with E-state index in [-0.39, 0.29) is 11.8 Å². The van der Waals surface area contributed by atoms with Crippen LogP contribution < -0.4 is 15.4 Å². The van der Waals surface area contributed by atoms with Crippen LogP contribution in [0, 0.1) is 6.92 Å². The van der Waals surface area contributed by atoms with Gasteiger partial charge in [-0.2, -0.15) is 0 Å². The maximum Gasteiger partial charge on any atom is 0.258 e. The van der Waals surface area contributed by atoms with Crippen molar-refractivity contribution < 1.29 is 14.3 Å². The number of aryl methyl sites for hydroxylation is 2. The van der Waals surface area contributed by atoms with E-state index in [9.17, 15) is 9.59 Å². The van der Waals surface area contributed by atoms with Gasteiger partial charge in [-0.1, -0.05) is 24.6 Å². The Balaban J connectivity index is 1.66. The van der Waals surface area contributed by atoms with Gasteiger partial charge in [0.1, 0.15) is 10.8 Å². The van der Waals surface area contributed by atoms with Crippen molar-refractivity contribution in [1.82, 2.24) is 0 Å². The van der Waals surface area contributed by atoms with Crippen molar-refractivity contribution in [1.29, 1.82) is 0 Å². The summed E-state index contributed by atoms with van der Waals surface area (Å²) in [6.07, 6.45) is 5.13. The van der Waals surface area contributed by atoms with E-state index in [1.165, 1.54) is 16.2 Å². The molecule has 31 heavy (non-hydrogen) atoms. The first kappa shape index (κ1) is 21.1. The minimum absolute atomic E-state index is 0.187. The number of nitrogens with one attached hydrogen (secondary N) is 2. The van der Waals surface area contributed by atoms with E-state index >= 15 is 0 Å². The van der Waals surface area contributed by atoms with E-state index in [1.54, 1.807) is 13.2 Å². The van der Waals surface area contributed by atoms with Gasteiger partial charge < -0.3 is 15.4 Å². The van der Waals surface area contributed by atoms with Crippen LogP contribution in [0.25, 0.3) is 0 Å². The van der Waals surface area contributed by atoms with E-state index in [2.05, 4.69) is 10.6 Å². The third-order valence-electron chi connectivity index (χ3n) is 5.61. The first-order valence-electron chi connectivity index (χ1n) is 10.5. The quantitative estimate of drug-likeness (QED) is 0.496. The molecule has 1 aromatic heterocycles. The number of anilines is 2. The molecule has 0 aliphatic heterocycles. The third-order valence-corrected chi connectivity index (χ3v) is 6.82. The molecule has 0 unspecified atom stereocenters. The summed E-state index contributed by atoms with van der Waals surface area (Å²) in [7, 11) is 1.61. The Morgan fingerprint density at radius 2 is 1.65 bits per heavy atom. The molecule has 1 aliphatic carbocycles. The van der Waals surface area contributed by atoms with E-state index < -0.39 is 0 Å². The number of hydrogen-bond donors (Lipinski definition) is 2. The van der Waals surface area contributed by atoms with Gasteiger partial charge in [-0.15, -0.1) is 11.3 Å². The number of benzene rings is 2. The average Bonchev–Trinajstić information content (AvgIpc) is 2.95. The van der Waals surface area contributed by atoms with Gasteiger partial charge in [-0.05, 0) is 74.1 Å². The topological polar surface area (TPSA) is 67.4 Å². The lowest BCUT2D eigenvalue weighted by Gasteiger charge is -2.11. The van der Waals surface area contributed by atoms with Crippen LogP contribution in [0.1, 0.15) is 56.0 Å². The normalized spacial score (nSPS) is 13.1. The van der Waals surface area contributed by atoms with Crippen LogP contribution in [-0.4, -0.2) is 18.9 Å². The van der Waals surface area contributed by atoms with Crippen LogP contribution in [0.3, 0.4) is 0 Å². The Morgan fingerprint density at radius 1 is 0.903 bits per heavy atom. The summed E-state index contributed by atoms with van der Waals surface area (Å²) in [6.45, 7) is 1.91. The fourth-order valence-corrected chi connectivity index (χ4v) is 5.22. The van der Waals surface area contributed by atoms with Gasteiger partial charge in [0.15, 0.2) is 0 Å². The van der Waals surface area contributed by atoms with Gasteiger partial charge in [0.25, 0.3) is 11.8 Å². The summed E-state index contributed by atoms with van der Waals surface area (Å²) in [5.74, 6) is 0.353. The first-order chi connectivity index (χ1) is 15.1. The second-order valence-corrected chi connectivity index (χ2v) is 8.83. The van der Waals surface area contributed by atoms with Crippen molar-refractivity contribution in [3.05, 3.63) is 75.7 Å². The standard InChI is InChI=1S/C25H26N2O3S/c1-16-8-6-7-9-19(16)23(28)27-25-22(20-10-4-3-5-11-21(20)31-25)24(29)26-17-12-14-18(30-2)15-13-17/h6-9,12-15H,3-5,10-11H2,1-2H3,(H,26,29)(H,27,28). The van der Waals surface area contributed by atoms with Gasteiger partial charge in [0.05, 0.1) is 12.7 Å². The highest BCUT2D eigenvalue weighted by atomic mass is 32.1. The molecule has 1 heterocycles. The zero-order chi connectivity index (χ0) is 21.8. The Morgan fingerprint density at radius 3 is 2.39 bits per heavy atom. The Kier molecular flexibility index (Phi) is 6.37. The maximum atomic E-state index is 13.3. The Labute approximate surface area is 186 Å². The molecule has 0 spiro atoms. The molecule has 0 bridgehead atoms. The molecule has 0 saturated heterocycles. The Bertz CT molecular complexity index is 1100. The van der Waals surface area contributed by atoms with Crippen molar-refractivity contribution in [2.75, 3.05) is 17.7 Å². The van der Waals surface area contributed by atoms with Crippen LogP contribution in [0.4, 0.5) is 10.7 Å². The van der Waals surface area contributed by atoms with Crippen LogP contribution >= 0.6 is 11.3 Å². The molecule has 0 fully saturated rings. The van der Waals surface area contributed by atoms with Crippen molar-refractivity contribution in [3.8, 4) is 5.75 Å². The fraction of sp³-hybridized carbons (Fsp3) is 0.280. The van der Waals surface area contributed by atoms with Gasteiger partial charge in [0, 0.05) is 16.1 Å². The summed E-state index contributed by atoms with van der Waals surface area (Å²) >= 11 is 1.54. The monoisotopic (exact) mass is 434 g/mol. The lowest BCUT2D eigenvalue weighted by Crippen LogP contribution is -2.18. The van der Waals surface area contributed by atoms with Crippen LogP contribution in [0.15, 0.2) is 48.5 Å². The Hall–Kier alpha value is -3.12. The van der Waals surface area contributed by atoms with E-state index in [0.717, 1.165) is 49.0 Å². The predicted molar refractivity (Wildman–Crippen MR) is 126 cm³/mol. The summed E-state index contributed by atoms with van der Waals surface area (Å²) < 4.78 is 5.19. The van der Waals surface area contributed by atoms with Crippen molar-refractivity contribution >= 4 is 33.8 Å². The average molecular weight is 435 g/mol. The van der Waals surface area contributed by atoms with Crippen LogP contribution in [-0.2, 0) is 12.8 Å². The summed E-state index contributed by atoms with van der Waals surface area (Å²) in [5, 5.41) is 6.65. The lowest BCUT2D eigenvalue weighted by molar-refractivity contribution is 0.102. The highest BCUT2D eigenvalue weighted by Crippen LogP contribution is 2.38. The van der Waals surface area contributed by atoms with Gasteiger partial charge >= 0.3 is 0 Å². The van der Waals surface area contributed by atoms with Crippen LogP contribution in [0.5, 0.6) is 5.75 Å². The van der Waals surface area contributed by atoms with Gasteiger partial charge in [0.2, 0.25) is 0 Å². The lowest BCUT2D eigenvalue weighted by atomic mass is 10.0. The summed E-state index contributed by atoms with van der Waals surface area (Å²) in [6, 6.07) is 14.7. The van der Waals surface area contributed by atoms with Gasteiger partial charge in [-0.3, -0.25) is 9.59 Å². The molecule has 6 heteroatoms. The number of ether oxygens (including phenoxy) is 1. The summed E-state index contributed by atoms with van der Waals surface area (Å²) in [5.41, 5.74) is 3.89. The number of carbonyl (C=O) groups excluding carboxylic acids is 2. The van der Waals surface area contributed by atoms with E-state index in [1.807, 2.05) is 49.4 Å². The van der Waals surface area contributed by atoms with E-state index in [4.69, 9.17) is 4.74 Å². The predicted octanol–water partition coefficient (Wildman–Crippen LogP) is 5.84. The van der Waals surface area contributed by atoms with Crippen LogP contribution in [0.2, 0.25) is 0 Å². The molecule has 0 atom stereocenters. The molecular formula is C25H26N2O3S. The molecule has 0 saturated carbocycles. The minimum atomic E-state index is -0.190. The molecule has 160 valence electrons. The highest BCUT2D eigenvalue weighted by molar-refractivity contribution is 7.17. The number of carbonyl (C=O) groups is 2. The molecule has 5 nitrogen and oxygen atoms in total. The van der Waals surface area contributed by atoms with Crippen molar-refractivity contribution in [3.63, 3.8) is 0 Å². The number of rotatable bonds is 5. The smallest absolute Gasteiger partial charge is 0.258 e. The highest BCUT2D eigenvalue weighted by Gasteiger charge is 2.26. The maximum absolute atomic E-state index is 13.3. The number of fused-ring (bicyclic) bond motifs is 1. The second kappa shape index (κ2) is 9.35. The minimum Gasteiger partial charge on any atom is -0.497 e. The molecule has 0 radical (unpaired) electrons. The molecule has 3 aromatic rings. The number of amides is 2. The molecule has 1 aliphatic rings. The first-order valence-corrected chi connectivity index (χ1v) is 11.4. The second-order valence-electron chi connectivity index (χ2n) is 7.72. The van der Waals surface area contributed by atoms with E-state index in [0.29, 0.717) is 21.8 Å². The molecule has 2 N–H and O–H groups in total. The largest absolute Gasteiger partial charge is 0.497 e. The number of thiophene rings is 1. The number of hydrogen-bond acceptors (Lipinski definition) is 4.